The molecule has 1 saturated heterocycles. The Morgan fingerprint density at radius 2 is 1.41 bits per heavy atom. The third-order valence-electron chi connectivity index (χ3n) is 7.65. The highest BCUT2D eigenvalue weighted by Crippen LogP contribution is 2.42. The van der Waals surface area contributed by atoms with E-state index in [2.05, 4.69) is 25.7 Å². The number of benzene rings is 3. The van der Waals surface area contributed by atoms with E-state index in [0.717, 1.165) is 55.6 Å². The van der Waals surface area contributed by atoms with E-state index in [1.807, 2.05) is 66.7 Å². The lowest BCUT2D eigenvalue weighted by atomic mass is 9.72. The Morgan fingerprint density at radius 3 is 1.89 bits per heavy atom. The molecule has 0 radical (unpaired) electrons. The molecule has 3 aromatic carbocycles. The maximum Gasteiger partial charge on any atom is 0.166 e. The molecule has 0 unspecified atom stereocenters. The number of Topliss-reactive ketones (excluding diaryl/α,β-unsaturated/α-hetero) is 1. The molecule has 1 heterocycles. The average Bonchev–Trinajstić information content (AvgIpc) is 2.89. The van der Waals surface area contributed by atoms with Crippen LogP contribution in [0.25, 0.3) is 0 Å². The Morgan fingerprint density at radius 1 is 0.865 bits per heavy atom. The quantitative estimate of drug-likeness (QED) is 0.323. The van der Waals surface area contributed by atoms with Crippen LogP contribution in [0.3, 0.4) is 0 Å². The van der Waals surface area contributed by atoms with Gasteiger partial charge < -0.3 is 15.1 Å². The Hall–Kier alpha value is -2.66. The van der Waals surface area contributed by atoms with Gasteiger partial charge in [-0.05, 0) is 79.1 Å². The number of aliphatic hydroxyl groups is 1. The summed E-state index contributed by atoms with van der Waals surface area (Å²) in [5.74, 6) is 0.193. The smallest absolute Gasteiger partial charge is 0.166 e. The fourth-order valence-electron chi connectivity index (χ4n) is 5.43. The van der Waals surface area contributed by atoms with Crippen LogP contribution in [-0.2, 0) is 11.0 Å². The summed E-state index contributed by atoms with van der Waals surface area (Å²) in [6.45, 7) is 8.90. The second-order valence-electron chi connectivity index (χ2n) is 11.1. The van der Waals surface area contributed by atoms with Gasteiger partial charge in [-0.2, -0.15) is 0 Å². The number of hydrogen-bond donors (Lipinski definition) is 2. The molecule has 0 aromatic heterocycles. The van der Waals surface area contributed by atoms with E-state index in [4.69, 9.17) is 0 Å². The van der Waals surface area contributed by atoms with E-state index >= 15 is 0 Å². The number of ketones is 1. The van der Waals surface area contributed by atoms with Crippen molar-refractivity contribution < 1.29 is 15.0 Å². The predicted octanol–water partition coefficient (Wildman–Crippen LogP) is 6.72. The lowest BCUT2D eigenvalue weighted by Gasteiger charge is -2.42. The van der Waals surface area contributed by atoms with E-state index in [0.29, 0.717) is 12.0 Å². The third kappa shape index (κ3) is 6.62. The van der Waals surface area contributed by atoms with Gasteiger partial charge in [-0.3, -0.25) is 4.79 Å². The van der Waals surface area contributed by atoms with Gasteiger partial charge in [-0.1, -0.05) is 87.5 Å². The molecular formula is C32H40ClNO3. The van der Waals surface area contributed by atoms with Gasteiger partial charge in [-0.15, -0.1) is 12.4 Å². The first-order chi connectivity index (χ1) is 17.2. The molecule has 4 nitrogen and oxygen atoms in total. The molecule has 0 aliphatic carbocycles. The number of carbonyl (C=O) groups excluding carboxylic acids is 1. The van der Waals surface area contributed by atoms with Gasteiger partial charge in [0.25, 0.3) is 0 Å². The zero-order valence-electron chi connectivity index (χ0n) is 22.2. The first-order valence-electron chi connectivity index (χ1n) is 13.1. The minimum atomic E-state index is -1.01. The number of nitrogens with zero attached hydrogens (tertiary/aromatic N) is 1. The lowest BCUT2D eigenvalue weighted by Crippen LogP contribution is -2.44. The fourth-order valence-corrected chi connectivity index (χ4v) is 5.43. The molecule has 0 saturated carbocycles. The summed E-state index contributed by atoms with van der Waals surface area (Å²) < 4.78 is 0. The molecule has 1 fully saturated rings. The van der Waals surface area contributed by atoms with Gasteiger partial charge in [-0.25, -0.2) is 0 Å². The monoisotopic (exact) mass is 521 g/mol. The van der Waals surface area contributed by atoms with Crippen LogP contribution >= 0.6 is 12.4 Å². The van der Waals surface area contributed by atoms with Crippen LogP contribution in [0.1, 0.15) is 73.5 Å². The lowest BCUT2D eigenvalue weighted by molar-refractivity contribution is -0.0142. The van der Waals surface area contributed by atoms with Gasteiger partial charge in [0.15, 0.2) is 5.78 Å². The number of piperidine rings is 1. The van der Waals surface area contributed by atoms with Crippen molar-refractivity contribution in [1.29, 1.82) is 0 Å². The van der Waals surface area contributed by atoms with Crippen molar-refractivity contribution >= 4 is 18.2 Å². The van der Waals surface area contributed by atoms with Crippen molar-refractivity contribution in [3.8, 4) is 5.75 Å². The van der Waals surface area contributed by atoms with Crippen LogP contribution in [0.15, 0.2) is 78.9 Å². The molecule has 0 spiro atoms. The summed E-state index contributed by atoms with van der Waals surface area (Å²) in [7, 11) is 0. The van der Waals surface area contributed by atoms with Crippen LogP contribution in [0.4, 0.5) is 0 Å². The van der Waals surface area contributed by atoms with Crippen LogP contribution in [0.2, 0.25) is 0 Å². The van der Waals surface area contributed by atoms with E-state index < -0.39 is 5.60 Å². The van der Waals surface area contributed by atoms with Gasteiger partial charge in [0.2, 0.25) is 0 Å². The molecule has 0 amide bonds. The van der Waals surface area contributed by atoms with E-state index in [9.17, 15) is 15.0 Å². The van der Waals surface area contributed by atoms with Crippen molar-refractivity contribution in [2.24, 2.45) is 5.92 Å². The Kier molecular flexibility index (Phi) is 9.57. The van der Waals surface area contributed by atoms with E-state index in [-0.39, 0.29) is 35.3 Å². The SMILES string of the molecule is CC(C)(C)c1ccc(C(=O)CCCN2CCC(C(O)(c3ccccc3)c3ccccc3)CC2)c(O)c1.Cl. The zero-order valence-corrected chi connectivity index (χ0v) is 23.0. The molecule has 2 N–H and O–H groups in total. The highest BCUT2D eigenvalue weighted by molar-refractivity contribution is 5.98. The molecule has 5 heteroatoms. The largest absolute Gasteiger partial charge is 0.507 e. The van der Waals surface area contributed by atoms with Crippen molar-refractivity contribution in [3.05, 3.63) is 101 Å². The van der Waals surface area contributed by atoms with Crippen LogP contribution < -0.4 is 0 Å². The number of likely N-dealkylation sites (tertiary alicyclic amines) is 1. The Bertz CT molecular complexity index is 1110. The number of hydrogen-bond acceptors (Lipinski definition) is 4. The predicted molar refractivity (Wildman–Crippen MR) is 153 cm³/mol. The number of carbonyl (C=O) groups is 1. The number of aromatic hydroxyl groups is 1. The number of rotatable bonds is 8. The van der Waals surface area contributed by atoms with Crippen molar-refractivity contribution in [1.82, 2.24) is 4.90 Å². The number of phenolic OH excluding ortho intramolecular Hbond substituents is 1. The second kappa shape index (κ2) is 12.3. The zero-order chi connectivity index (χ0) is 25.8. The fraction of sp³-hybridized carbons (Fsp3) is 0.406. The van der Waals surface area contributed by atoms with E-state index in [1.54, 1.807) is 12.1 Å². The third-order valence-corrected chi connectivity index (χ3v) is 7.65. The molecule has 3 aromatic rings. The molecule has 37 heavy (non-hydrogen) atoms. The molecular weight excluding hydrogens is 482 g/mol. The molecule has 0 atom stereocenters. The van der Waals surface area contributed by atoms with Gasteiger partial charge >= 0.3 is 0 Å². The standard InChI is InChI=1S/C32H39NO3.ClH/c1-31(2,3)27-16-17-28(30(35)23-27)29(34)15-10-20-33-21-18-26(19-22-33)32(36,24-11-6-4-7-12-24)25-13-8-5-9-14-25;/h4-9,11-14,16-17,23,26,35-36H,10,15,18-22H2,1-3H3;1H. The normalized spacial score (nSPS) is 15.2. The molecule has 1 aliphatic rings. The minimum Gasteiger partial charge on any atom is -0.507 e. The first kappa shape index (κ1) is 28.9. The Labute approximate surface area is 227 Å². The average molecular weight is 522 g/mol. The summed E-state index contributed by atoms with van der Waals surface area (Å²) >= 11 is 0. The van der Waals surface area contributed by atoms with Crippen LogP contribution in [-0.4, -0.2) is 40.5 Å². The first-order valence-corrected chi connectivity index (χ1v) is 13.1. The number of halogens is 1. The Balaban J connectivity index is 0.00000380. The van der Waals surface area contributed by atoms with Gasteiger partial charge in [0, 0.05) is 6.42 Å². The minimum absolute atomic E-state index is 0. The summed E-state index contributed by atoms with van der Waals surface area (Å²) in [5.41, 5.74) is 2.23. The molecule has 198 valence electrons. The van der Waals surface area contributed by atoms with Crippen molar-refractivity contribution in [2.75, 3.05) is 19.6 Å². The van der Waals surface area contributed by atoms with Crippen molar-refractivity contribution in [2.45, 2.75) is 57.5 Å². The van der Waals surface area contributed by atoms with E-state index in [1.165, 1.54) is 0 Å². The van der Waals surface area contributed by atoms with Crippen molar-refractivity contribution in [3.63, 3.8) is 0 Å². The number of phenols is 1. The second-order valence-corrected chi connectivity index (χ2v) is 11.1. The summed E-state index contributed by atoms with van der Waals surface area (Å²) in [6.07, 6.45) is 2.96. The van der Waals surface area contributed by atoms with Crippen LogP contribution in [0.5, 0.6) is 5.75 Å². The highest BCUT2D eigenvalue weighted by Gasteiger charge is 2.41. The molecule has 4 rings (SSSR count). The topological polar surface area (TPSA) is 60.8 Å². The maximum absolute atomic E-state index is 12.8. The molecule has 0 bridgehead atoms. The highest BCUT2D eigenvalue weighted by atomic mass is 35.5. The van der Waals surface area contributed by atoms with Gasteiger partial charge in [0.1, 0.15) is 11.4 Å². The maximum atomic E-state index is 12.8. The summed E-state index contributed by atoms with van der Waals surface area (Å²) in [4.78, 5) is 15.1. The van der Waals surface area contributed by atoms with Gasteiger partial charge in [0.05, 0.1) is 5.56 Å². The summed E-state index contributed by atoms with van der Waals surface area (Å²) in [5, 5.41) is 22.5. The summed E-state index contributed by atoms with van der Waals surface area (Å²) in [6, 6.07) is 25.4. The molecule has 1 aliphatic heterocycles. The van der Waals surface area contributed by atoms with Crippen LogP contribution in [0, 0.1) is 5.92 Å².